The van der Waals surface area contributed by atoms with Crippen molar-refractivity contribution in [1.82, 2.24) is 4.98 Å². The Labute approximate surface area is 135 Å². The summed E-state index contributed by atoms with van der Waals surface area (Å²) in [5.74, 6) is 0.892. The van der Waals surface area contributed by atoms with Crippen LogP contribution in [0.1, 0.15) is 35.5 Å². The minimum Gasteiger partial charge on any atom is -0.389 e. The maximum Gasteiger partial charge on any atom is 0.139 e. The van der Waals surface area contributed by atoms with Crippen molar-refractivity contribution in [3.8, 4) is 0 Å². The van der Waals surface area contributed by atoms with Crippen molar-refractivity contribution in [3.63, 3.8) is 0 Å². The first kappa shape index (κ1) is 15.9. The van der Waals surface area contributed by atoms with E-state index in [1.165, 1.54) is 4.88 Å². The topological polar surface area (TPSA) is 42.1 Å². The van der Waals surface area contributed by atoms with E-state index in [9.17, 15) is 0 Å². The Morgan fingerprint density at radius 2 is 2.14 bits per heavy atom. The molecule has 0 radical (unpaired) electrons. The van der Waals surface area contributed by atoms with Crippen LogP contribution < -0.4 is 10.6 Å². The molecule has 0 spiro atoms. The van der Waals surface area contributed by atoms with Crippen LogP contribution in [-0.2, 0) is 6.54 Å². The molecular formula is C16H21N3S2. The van der Waals surface area contributed by atoms with Crippen molar-refractivity contribution >= 4 is 34.4 Å². The van der Waals surface area contributed by atoms with Gasteiger partial charge in [-0.1, -0.05) is 18.3 Å². The number of rotatable bonds is 5. The monoisotopic (exact) mass is 319 g/mol. The van der Waals surface area contributed by atoms with E-state index in [1.54, 1.807) is 11.3 Å². The number of thiocarbonyl (C=S) groups is 1. The van der Waals surface area contributed by atoms with Crippen molar-refractivity contribution in [3.05, 3.63) is 45.3 Å². The van der Waals surface area contributed by atoms with Crippen molar-refractivity contribution < 1.29 is 0 Å². The van der Waals surface area contributed by atoms with Crippen LogP contribution in [0, 0.1) is 13.8 Å². The van der Waals surface area contributed by atoms with Gasteiger partial charge in [0.2, 0.25) is 0 Å². The van der Waals surface area contributed by atoms with Crippen LogP contribution in [0.2, 0.25) is 0 Å². The van der Waals surface area contributed by atoms with E-state index in [2.05, 4.69) is 36.3 Å². The Morgan fingerprint density at radius 3 is 2.67 bits per heavy atom. The van der Waals surface area contributed by atoms with Gasteiger partial charge in [-0.05, 0) is 50.8 Å². The number of nitrogens with two attached hydrogens (primary N) is 1. The minimum absolute atomic E-state index is 0.314. The molecule has 0 aliphatic carbocycles. The normalized spacial score (nSPS) is 10.9. The predicted octanol–water partition coefficient (Wildman–Crippen LogP) is 3.81. The first-order chi connectivity index (χ1) is 9.90. The number of anilines is 1. The largest absolute Gasteiger partial charge is 0.389 e. The van der Waals surface area contributed by atoms with Gasteiger partial charge in [-0.3, -0.25) is 0 Å². The average Bonchev–Trinajstić information content (AvgIpc) is 2.86. The number of hydrogen-bond donors (Lipinski definition) is 1. The Hall–Kier alpha value is -1.46. The van der Waals surface area contributed by atoms with Gasteiger partial charge in [0.05, 0.1) is 12.1 Å². The van der Waals surface area contributed by atoms with Gasteiger partial charge in [-0.2, -0.15) is 0 Å². The van der Waals surface area contributed by atoms with E-state index in [0.717, 1.165) is 29.2 Å². The van der Waals surface area contributed by atoms with Gasteiger partial charge in [-0.15, -0.1) is 11.3 Å². The average molecular weight is 319 g/mol. The number of aromatic nitrogens is 1. The maximum absolute atomic E-state index is 5.94. The van der Waals surface area contributed by atoms with E-state index in [4.69, 9.17) is 22.9 Å². The van der Waals surface area contributed by atoms with Crippen molar-refractivity contribution in [2.45, 2.75) is 40.3 Å². The highest BCUT2D eigenvalue weighted by atomic mass is 32.1. The molecule has 5 heteroatoms. The lowest BCUT2D eigenvalue weighted by atomic mass is 10.1. The molecule has 0 aromatic carbocycles. The lowest BCUT2D eigenvalue weighted by Gasteiger charge is -2.30. The van der Waals surface area contributed by atoms with Crippen molar-refractivity contribution in [1.29, 1.82) is 0 Å². The minimum atomic E-state index is 0.314. The van der Waals surface area contributed by atoms with Gasteiger partial charge in [0.15, 0.2) is 0 Å². The second-order valence-corrected chi connectivity index (χ2v) is 6.92. The second kappa shape index (κ2) is 6.54. The highest BCUT2D eigenvalue weighted by molar-refractivity contribution is 7.80. The molecular weight excluding hydrogens is 298 g/mol. The summed E-state index contributed by atoms with van der Waals surface area (Å²) in [6.07, 6.45) is 0. The molecule has 0 bridgehead atoms. The number of thiophene rings is 1. The molecule has 0 fully saturated rings. The van der Waals surface area contributed by atoms with Gasteiger partial charge in [0, 0.05) is 16.6 Å². The van der Waals surface area contributed by atoms with E-state index >= 15 is 0 Å². The third-order valence-electron chi connectivity index (χ3n) is 3.37. The zero-order valence-electron chi connectivity index (χ0n) is 12.9. The van der Waals surface area contributed by atoms with Gasteiger partial charge in [0.25, 0.3) is 0 Å². The molecule has 0 saturated carbocycles. The van der Waals surface area contributed by atoms with E-state index < -0.39 is 0 Å². The highest BCUT2D eigenvalue weighted by Gasteiger charge is 2.20. The van der Waals surface area contributed by atoms with Crippen LogP contribution in [0.25, 0.3) is 0 Å². The molecule has 0 saturated heterocycles. The standard InChI is InChI=1S/C16H21N3S2/c1-10(2)19(9-13-6-5-7-21-13)16-14(15(17)20)11(3)8-12(4)18-16/h5-8,10H,9H2,1-4H3,(H2,17,20). The molecule has 0 atom stereocenters. The van der Waals surface area contributed by atoms with Crippen LogP contribution >= 0.6 is 23.6 Å². The summed E-state index contributed by atoms with van der Waals surface area (Å²) in [6, 6.07) is 6.56. The predicted molar refractivity (Wildman–Crippen MR) is 95.2 cm³/mol. The molecule has 2 N–H and O–H groups in total. The summed E-state index contributed by atoms with van der Waals surface area (Å²) in [5, 5.41) is 2.09. The van der Waals surface area contributed by atoms with Gasteiger partial charge >= 0.3 is 0 Å². The van der Waals surface area contributed by atoms with Gasteiger partial charge < -0.3 is 10.6 Å². The van der Waals surface area contributed by atoms with E-state index in [-0.39, 0.29) is 0 Å². The van der Waals surface area contributed by atoms with Crippen LogP contribution in [0.3, 0.4) is 0 Å². The van der Waals surface area contributed by atoms with Crippen LogP contribution in [0.5, 0.6) is 0 Å². The first-order valence-corrected chi connectivity index (χ1v) is 8.26. The van der Waals surface area contributed by atoms with E-state index in [0.29, 0.717) is 11.0 Å². The number of nitrogens with zero attached hydrogens (tertiary/aromatic N) is 2. The van der Waals surface area contributed by atoms with E-state index in [1.807, 2.05) is 19.9 Å². The summed E-state index contributed by atoms with van der Waals surface area (Å²) in [6.45, 7) is 9.19. The zero-order chi connectivity index (χ0) is 15.6. The molecule has 112 valence electrons. The number of hydrogen-bond acceptors (Lipinski definition) is 4. The summed E-state index contributed by atoms with van der Waals surface area (Å²) < 4.78 is 0. The third kappa shape index (κ3) is 3.60. The Morgan fingerprint density at radius 1 is 1.43 bits per heavy atom. The molecule has 21 heavy (non-hydrogen) atoms. The lowest BCUT2D eigenvalue weighted by Crippen LogP contribution is -2.33. The Kier molecular flexibility index (Phi) is 4.96. The summed E-state index contributed by atoms with van der Waals surface area (Å²) in [7, 11) is 0. The molecule has 0 unspecified atom stereocenters. The number of aryl methyl sites for hydroxylation is 2. The van der Waals surface area contributed by atoms with Crippen LogP contribution in [0.4, 0.5) is 5.82 Å². The second-order valence-electron chi connectivity index (χ2n) is 5.44. The van der Waals surface area contributed by atoms with Gasteiger partial charge in [-0.25, -0.2) is 4.98 Å². The zero-order valence-corrected chi connectivity index (χ0v) is 14.5. The third-order valence-corrected chi connectivity index (χ3v) is 4.44. The molecule has 2 rings (SSSR count). The van der Waals surface area contributed by atoms with Crippen molar-refractivity contribution in [2.24, 2.45) is 5.73 Å². The fourth-order valence-corrected chi connectivity index (χ4v) is 3.36. The van der Waals surface area contributed by atoms with Gasteiger partial charge in [0.1, 0.15) is 10.8 Å². The molecule has 0 amide bonds. The number of pyridine rings is 1. The first-order valence-electron chi connectivity index (χ1n) is 6.97. The molecule has 2 aromatic rings. The Balaban J connectivity index is 2.51. The van der Waals surface area contributed by atoms with Crippen LogP contribution in [0.15, 0.2) is 23.6 Å². The SMILES string of the molecule is Cc1cc(C)c(C(N)=S)c(N(Cc2cccs2)C(C)C)n1. The van der Waals surface area contributed by atoms with Crippen LogP contribution in [-0.4, -0.2) is 16.0 Å². The lowest BCUT2D eigenvalue weighted by molar-refractivity contribution is 0.675. The highest BCUT2D eigenvalue weighted by Crippen LogP contribution is 2.27. The molecule has 0 aliphatic rings. The van der Waals surface area contributed by atoms with Crippen molar-refractivity contribution in [2.75, 3.05) is 4.90 Å². The molecule has 2 aromatic heterocycles. The quantitative estimate of drug-likeness (QED) is 0.851. The molecule has 2 heterocycles. The summed E-state index contributed by atoms with van der Waals surface area (Å²) in [5.41, 5.74) is 8.90. The fraction of sp³-hybridized carbons (Fsp3) is 0.375. The maximum atomic E-state index is 5.94. The summed E-state index contributed by atoms with van der Waals surface area (Å²) >= 11 is 7.00. The molecule has 3 nitrogen and oxygen atoms in total. The fourth-order valence-electron chi connectivity index (χ4n) is 2.40. The smallest absolute Gasteiger partial charge is 0.139 e. The molecule has 0 aliphatic heterocycles. The Bertz CT molecular complexity index is 633. The summed E-state index contributed by atoms with van der Waals surface area (Å²) in [4.78, 5) is 8.70.